The van der Waals surface area contributed by atoms with E-state index in [1.807, 2.05) is 12.1 Å². The Morgan fingerprint density at radius 1 is 0.536 bits per heavy atom. The van der Waals surface area contributed by atoms with Gasteiger partial charge in [0.1, 0.15) is 34.6 Å². The van der Waals surface area contributed by atoms with Gasteiger partial charge in [0.15, 0.2) is 0 Å². The van der Waals surface area contributed by atoms with Crippen LogP contribution in [-0.4, -0.2) is 193 Å². The number of nitro groups is 2. The Kier molecular flexibility index (Phi) is 30.2. The zero-order valence-corrected chi connectivity index (χ0v) is 65.5. The predicted molar refractivity (Wildman–Crippen MR) is 414 cm³/mol. The fourth-order valence-electron chi connectivity index (χ4n) is 13.1. The minimum absolute atomic E-state index is 0.0161. The second-order valence-electron chi connectivity index (χ2n) is 27.0. The van der Waals surface area contributed by atoms with Crippen molar-refractivity contribution in [3.05, 3.63) is 174 Å². The first-order valence-corrected chi connectivity index (χ1v) is 44.0. The SMILES string of the molecule is CS(=O)c1ncc2cc(C#N)c(=O)n(C3CCCC3)c2n1.N#Cc1cc2cnc(Nc3cccc(S(=O)(=O)N4CCC(O)CC4)c3)nc2n(C2CCCC2)c1=O.Nc1cccc(S(=O)(=O)N2CCC(O)CC2)c1.O=[N+]([O-])c1cccc(S(=O)(=O)Cl)c1.O=[N+]([O-])c1cccc(S(=O)(=O)N2CCC(O)CC2)c1.OC1CCNCC1. The number of halogens is 1. The van der Waals surface area contributed by atoms with E-state index < -0.39 is 72.0 Å². The van der Waals surface area contributed by atoms with Gasteiger partial charge < -0.3 is 36.8 Å². The van der Waals surface area contributed by atoms with Gasteiger partial charge in [0, 0.05) is 127 Å². The Morgan fingerprint density at radius 2 is 0.911 bits per heavy atom. The molecule has 1 atom stereocenters. The molecular formula is C71H85ClN16O19S5. The lowest BCUT2D eigenvalue weighted by Gasteiger charge is -2.28. The fraction of sp³-hybridized carbons (Fsp3) is 0.437. The summed E-state index contributed by atoms with van der Waals surface area (Å²) in [5.74, 6) is 0.226. The van der Waals surface area contributed by atoms with Crippen LogP contribution in [0.5, 0.6) is 0 Å². The summed E-state index contributed by atoms with van der Waals surface area (Å²) in [7, 11) is -11.1. The van der Waals surface area contributed by atoms with Gasteiger partial charge in [-0.05, 0) is 151 Å². The lowest BCUT2D eigenvalue weighted by Crippen LogP contribution is -2.39. The first-order chi connectivity index (χ1) is 53.2. The Morgan fingerprint density at radius 3 is 1.30 bits per heavy atom. The summed E-state index contributed by atoms with van der Waals surface area (Å²) in [4.78, 5) is 62.3. The molecule has 2 aliphatic carbocycles. The van der Waals surface area contributed by atoms with Gasteiger partial charge in [0.05, 0.1) is 64.6 Å². The van der Waals surface area contributed by atoms with Gasteiger partial charge in [-0.2, -0.15) is 28.4 Å². The second kappa shape index (κ2) is 39.0. The van der Waals surface area contributed by atoms with Crippen LogP contribution in [0, 0.1) is 42.9 Å². The van der Waals surface area contributed by atoms with Gasteiger partial charge >= 0.3 is 0 Å². The number of aliphatic hydroxyl groups is 4. The lowest BCUT2D eigenvalue weighted by molar-refractivity contribution is -0.385. The van der Waals surface area contributed by atoms with E-state index in [9.17, 15) is 88.3 Å². The number of nitriles is 2. The molecule has 4 saturated heterocycles. The molecule has 0 radical (unpaired) electrons. The van der Waals surface area contributed by atoms with Gasteiger partial charge in [-0.1, -0.05) is 49.9 Å². The van der Waals surface area contributed by atoms with Crippen LogP contribution < -0.4 is 27.5 Å². The van der Waals surface area contributed by atoms with Crippen LogP contribution in [0.4, 0.5) is 28.7 Å². The van der Waals surface area contributed by atoms with E-state index in [4.69, 9.17) is 26.8 Å². The summed E-state index contributed by atoms with van der Waals surface area (Å²) in [6, 6.07) is 29.2. The standard InChI is InChI=1S/C24H26N6O4S.C14H14N4O2S.C11H14N2O5S.C11H16N2O3S.C6H4ClNO4S.C5H11NO/c25-14-16-12-17-15-26-24(28-22(17)30(23(16)32)19-5-1-2-6-19)27-18-4-3-7-21(13-18)35(33,34)29-10-8-20(31)9-11-29;1-21(20)14-16-8-10-6-9(7-15)13(19)18(12(10)17-14)11-4-2-3-5-11;14-10-4-6-12(7-5-10)19(17,18)11-3-1-2-9(8-11)13(15)16;12-9-2-1-3-11(8-9)17(15,16)13-6-4-10(14)5-7-13;7-13(11,12)6-3-1-2-5(4-6)8(9)10;7-5-1-3-6-4-2-5/h3-4,7,12-13,15,19-20,31H,1-2,5-6,8-11H2,(H,26,27,28);6,8,11H,2-5H2,1H3;1-3,8,10,14H,4-7H2;1-3,8,10,14H,4-7,12H2;1-4H;5-7H,1-4H2. The number of aromatic nitrogens is 6. The molecule has 1 unspecified atom stereocenters. The minimum atomic E-state index is -3.89. The summed E-state index contributed by atoms with van der Waals surface area (Å²) in [6.07, 6.45) is 15.3. The van der Waals surface area contributed by atoms with E-state index in [1.54, 1.807) is 39.6 Å². The number of nitro benzene ring substituents is 2. The van der Waals surface area contributed by atoms with Crippen molar-refractivity contribution in [3.63, 3.8) is 0 Å². The maximum atomic E-state index is 13.1. The molecular weight excluding hydrogens is 1580 g/mol. The molecule has 0 bridgehead atoms. The zero-order chi connectivity index (χ0) is 81.2. The van der Waals surface area contributed by atoms with Crippen molar-refractivity contribution in [2.24, 2.45) is 0 Å². The van der Waals surface area contributed by atoms with Crippen molar-refractivity contribution in [3.8, 4) is 12.1 Å². The third kappa shape index (κ3) is 22.6. The number of rotatable bonds is 14. The number of pyridine rings is 2. The van der Waals surface area contributed by atoms with Crippen molar-refractivity contribution < 1.29 is 68.2 Å². The van der Waals surface area contributed by atoms with Crippen LogP contribution in [0.1, 0.15) is 126 Å². The largest absolute Gasteiger partial charge is 0.399 e. The number of anilines is 3. The average molecular weight is 1660 g/mol. The molecule has 8 N–H and O–H groups in total. The number of non-ortho nitro benzene ring substituents is 2. The molecule has 2 saturated carbocycles. The molecule has 14 rings (SSSR count). The van der Waals surface area contributed by atoms with Crippen molar-refractivity contribution in [2.75, 3.05) is 69.7 Å². The molecule has 35 nitrogen and oxygen atoms in total. The molecule has 4 aromatic heterocycles. The minimum Gasteiger partial charge on any atom is -0.399 e. The number of nitrogens with zero attached hydrogens (tertiary/aromatic N) is 13. The van der Waals surface area contributed by atoms with Crippen molar-refractivity contribution in [2.45, 2.75) is 164 Å². The van der Waals surface area contributed by atoms with Crippen molar-refractivity contribution >= 4 is 111 Å². The van der Waals surface area contributed by atoms with E-state index in [2.05, 4.69) is 30.6 Å². The number of hydrogen-bond donors (Lipinski definition) is 7. The first kappa shape index (κ1) is 86.7. The van der Waals surface area contributed by atoms with E-state index in [-0.39, 0.29) is 115 Å². The third-order valence-electron chi connectivity index (χ3n) is 19.2. The number of nitrogen functional groups attached to an aromatic ring is 1. The molecule has 41 heteroatoms. The molecule has 0 amide bonds. The number of piperidine rings is 4. The van der Waals surface area contributed by atoms with E-state index >= 15 is 0 Å². The summed E-state index contributed by atoms with van der Waals surface area (Å²) in [5, 5.41) is 84.4. The highest BCUT2D eigenvalue weighted by Crippen LogP contribution is 2.34. The van der Waals surface area contributed by atoms with Crippen LogP contribution in [-0.2, 0) is 49.9 Å². The quantitative estimate of drug-likeness (QED) is 0.0198. The Bertz CT molecular complexity index is 5420. The Hall–Kier alpha value is -9.24. The molecule has 600 valence electrons. The van der Waals surface area contributed by atoms with Crippen molar-refractivity contribution in [1.29, 1.82) is 10.5 Å². The van der Waals surface area contributed by atoms with Gasteiger partial charge in [-0.15, -0.1) is 0 Å². The molecule has 8 heterocycles. The highest BCUT2D eigenvalue weighted by molar-refractivity contribution is 8.13. The number of nitrogens with two attached hydrogens (primary N) is 1. The zero-order valence-electron chi connectivity index (χ0n) is 60.7. The molecule has 6 fully saturated rings. The van der Waals surface area contributed by atoms with Crippen LogP contribution in [0.15, 0.2) is 156 Å². The van der Waals surface area contributed by atoms with Gasteiger partial charge in [0.25, 0.3) is 31.5 Å². The topological polar surface area (TPSA) is 524 Å². The van der Waals surface area contributed by atoms with Gasteiger partial charge in [-0.3, -0.25) is 43.2 Å². The maximum absolute atomic E-state index is 13.1. The summed E-state index contributed by atoms with van der Waals surface area (Å²) in [6.45, 7) is 3.70. The smallest absolute Gasteiger partial charge is 0.270 e. The van der Waals surface area contributed by atoms with Crippen LogP contribution in [0.25, 0.3) is 22.1 Å². The van der Waals surface area contributed by atoms with E-state index in [0.717, 1.165) is 89.4 Å². The highest BCUT2D eigenvalue weighted by Gasteiger charge is 2.33. The van der Waals surface area contributed by atoms with Crippen LogP contribution >= 0.6 is 10.7 Å². The number of aliphatic hydroxyl groups excluding tert-OH is 4. The van der Waals surface area contributed by atoms with E-state index in [1.165, 1.54) is 98.2 Å². The first-order valence-electron chi connectivity index (χ1n) is 35.8. The van der Waals surface area contributed by atoms with E-state index in [0.29, 0.717) is 85.1 Å². The number of benzene rings is 4. The normalized spacial score (nSPS) is 17.8. The molecule has 8 aromatic rings. The molecule has 4 aromatic carbocycles. The summed E-state index contributed by atoms with van der Waals surface area (Å²) < 4.78 is 116. The maximum Gasteiger partial charge on any atom is 0.270 e. The molecule has 6 aliphatic rings. The second-order valence-corrected chi connectivity index (χ2v) is 36.6. The molecule has 4 aliphatic heterocycles. The number of sulfonamides is 3. The fourth-order valence-corrected chi connectivity index (χ4v) is 18.9. The summed E-state index contributed by atoms with van der Waals surface area (Å²) >= 11 is 0. The average Bonchev–Trinajstić information content (AvgIpc) is 1.24. The van der Waals surface area contributed by atoms with Crippen LogP contribution in [0.3, 0.4) is 0 Å². The number of hydrogen-bond acceptors (Lipinski definition) is 28. The summed E-state index contributed by atoms with van der Waals surface area (Å²) in [5.41, 5.74) is 6.38. The number of nitrogens with one attached hydrogen (secondary N) is 2. The van der Waals surface area contributed by atoms with Crippen LogP contribution in [0.2, 0.25) is 0 Å². The predicted octanol–water partition coefficient (Wildman–Crippen LogP) is 6.59. The number of fused-ring (bicyclic) bond motifs is 2. The monoisotopic (exact) mass is 1660 g/mol. The Labute approximate surface area is 652 Å². The van der Waals surface area contributed by atoms with Gasteiger partial charge in [0.2, 0.25) is 41.2 Å². The van der Waals surface area contributed by atoms with Gasteiger partial charge in [-0.25, -0.2) is 48.6 Å². The van der Waals surface area contributed by atoms with Crippen molar-refractivity contribution in [1.82, 2.24) is 47.3 Å². The Balaban J connectivity index is 0.000000163. The molecule has 112 heavy (non-hydrogen) atoms. The highest BCUT2D eigenvalue weighted by atomic mass is 35.7. The molecule has 0 spiro atoms. The lowest BCUT2D eigenvalue weighted by atomic mass is 10.1. The third-order valence-corrected chi connectivity index (χ3v) is 26.9.